The SMILES string of the molecule is C=C1C(CCl)=C(C(=O)OCc2ccc(OC)cc2)N2C(=O)[C@@H](NC(=O)COc3ccccc3)[C@H]2[S+]1[O-]. The van der Waals surface area contributed by atoms with Crippen LogP contribution in [-0.4, -0.2) is 58.2 Å². The lowest BCUT2D eigenvalue weighted by Crippen LogP contribution is -2.74. The Balaban J connectivity index is 1.46. The van der Waals surface area contributed by atoms with E-state index in [1.54, 1.807) is 55.6 Å². The highest BCUT2D eigenvalue weighted by Crippen LogP contribution is 2.42. The number of halogens is 1. The Morgan fingerprint density at radius 2 is 1.83 bits per heavy atom. The standard InChI is InChI=1S/C25H23ClN2O7S/c1-15-19(12-26)22(25(31)35-13-16-8-10-17(33-2)11-9-16)28-23(30)21(24(28)36(15)32)27-20(29)14-34-18-6-4-3-5-7-18/h3-11,21,24H,1,12-14H2,2H3,(H,27,29)/t21-,24-,36?/m1/s1. The summed E-state index contributed by atoms with van der Waals surface area (Å²) in [4.78, 5) is 39.6. The number of methoxy groups -OCH3 is 1. The molecule has 36 heavy (non-hydrogen) atoms. The van der Waals surface area contributed by atoms with Crippen molar-refractivity contribution in [1.29, 1.82) is 0 Å². The molecule has 1 unspecified atom stereocenters. The Kier molecular flexibility index (Phi) is 7.88. The van der Waals surface area contributed by atoms with E-state index in [0.717, 1.165) is 4.90 Å². The molecule has 2 aliphatic heterocycles. The van der Waals surface area contributed by atoms with Crippen LogP contribution in [0.1, 0.15) is 5.56 Å². The Bertz CT molecular complexity index is 1200. The van der Waals surface area contributed by atoms with Crippen LogP contribution in [0.15, 0.2) is 77.4 Å². The van der Waals surface area contributed by atoms with Gasteiger partial charge >= 0.3 is 5.97 Å². The minimum atomic E-state index is -1.80. The number of amides is 2. The van der Waals surface area contributed by atoms with Crippen molar-refractivity contribution in [2.24, 2.45) is 0 Å². The lowest BCUT2D eigenvalue weighted by molar-refractivity contribution is -0.153. The number of carbonyl (C=O) groups is 3. The summed E-state index contributed by atoms with van der Waals surface area (Å²) in [6.07, 6.45) is 0. The lowest BCUT2D eigenvalue weighted by atomic mass is 10.0. The summed E-state index contributed by atoms with van der Waals surface area (Å²) < 4.78 is 29.0. The average Bonchev–Trinajstić information content (AvgIpc) is 2.91. The van der Waals surface area contributed by atoms with Crippen molar-refractivity contribution in [1.82, 2.24) is 10.2 Å². The number of nitrogens with one attached hydrogen (secondary N) is 1. The molecule has 0 spiro atoms. The fourth-order valence-electron chi connectivity index (χ4n) is 3.78. The lowest BCUT2D eigenvalue weighted by Gasteiger charge is -2.49. The second-order valence-electron chi connectivity index (χ2n) is 7.85. The van der Waals surface area contributed by atoms with Gasteiger partial charge in [0, 0.05) is 11.2 Å². The van der Waals surface area contributed by atoms with Gasteiger partial charge in [-0.05, 0) is 36.4 Å². The first-order chi connectivity index (χ1) is 17.3. The van der Waals surface area contributed by atoms with E-state index in [1.807, 2.05) is 6.07 Å². The molecule has 2 aromatic rings. The van der Waals surface area contributed by atoms with Gasteiger partial charge in [0.05, 0.1) is 18.6 Å². The average molecular weight is 531 g/mol. The van der Waals surface area contributed by atoms with Crippen molar-refractivity contribution in [3.63, 3.8) is 0 Å². The van der Waals surface area contributed by atoms with Gasteiger partial charge in [-0.3, -0.25) is 14.5 Å². The first-order valence-corrected chi connectivity index (χ1v) is 12.6. The summed E-state index contributed by atoms with van der Waals surface area (Å²) in [6, 6.07) is 14.5. The van der Waals surface area contributed by atoms with Crippen LogP contribution >= 0.6 is 11.6 Å². The molecule has 1 N–H and O–H groups in total. The molecule has 9 nitrogen and oxygen atoms in total. The van der Waals surface area contributed by atoms with Crippen molar-refractivity contribution < 1.29 is 33.1 Å². The van der Waals surface area contributed by atoms with E-state index in [4.69, 9.17) is 25.8 Å². The summed E-state index contributed by atoms with van der Waals surface area (Å²) in [7, 11) is 1.54. The molecular weight excluding hydrogens is 508 g/mol. The van der Waals surface area contributed by atoms with Gasteiger partial charge in [-0.2, -0.15) is 0 Å². The number of hydrogen-bond acceptors (Lipinski definition) is 7. The number of esters is 1. The molecule has 11 heteroatoms. The minimum Gasteiger partial charge on any atom is -0.610 e. The maximum absolute atomic E-state index is 13.1. The number of β-lactam (4-membered cyclic amide) rings is 1. The van der Waals surface area contributed by atoms with Gasteiger partial charge in [0.15, 0.2) is 17.6 Å². The van der Waals surface area contributed by atoms with Crippen LogP contribution in [0.2, 0.25) is 0 Å². The normalized spacial score (nSPS) is 20.9. The number of benzene rings is 2. The first-order valence-electron chi connectivity index (χ1n) is 10.8. The van der Waals surface area contributed by atoms with Crippen molar-refractivity contribution >= 4 is 40.6 Å². The minimum absolute atomic E-state index is 0.0683. The quantitative estimate of drug-likeness (QED) is 0.229. The summed E-state index contributed by atoms with van der Waals surface area (Å²) in [6.45, 7) is 3.40. The Morgan fingerprint density at radius 3 is 2.47 bits per heavy atom. The molecule has 1 fully saturated rings. The molecule has 188 valence electrons. The largest absolute Gasteiger partial charge is 0.610 e. The van der Waals surface area contributed by atoms with Crippen LogP contribution in [0.25, 0.3) is 0 Å². The molecule has 2 amide bonds. The zero-order valence-electron chi connectivity index (χ0n) is 19.3. The predicted molar refractivity (Wildman–Crippen MR) is 132 cm³/mol. The highest BCUT2D eigenvalue weighted by Gasteiger charge is 2.62. The van der Waals surface area contributed by atoms with E-state index in [-0.39, 0.29) is 35.3 Å². The van der Waals surface area contributed by atoms with E-state index in [0.29, 0.717) is 17.1 Å². The van der Waals surface area contributed by atoms with Crippen LogP contribution in [0.4, 0.5) is 0 Å². The number of allylic oxidation sites excluding steroid dienone is 1. The number of alkyl halides is 1. The van der Waals surface area contributed by atoms with E-state index >= 15 is 0 Å². The van der Waals surface area contributed by atoms with Gasteiger partial charge in [0.1, 0.15) is 23.8 Å². The Morgan fingerprint density at radius 1 is 1.14 bits per heavy atom. The monoisotopic (exact) mass is 530 g/mol. The van der Waals surface area contributed by atoms with Crippen molar-refractivity contribution in [2.45, 2.75) is 18.0 Å². The van der Waals surface area contributed by atoms with Crippen LogP contribution in [-0.2, 0) is 36.9 Å². The topological polar surface area (TPSA) is 117 Å². The van der Waals surface area contributed by atoms with E-state index in [2.05, 4.69) is 11.9 Å². The third-order valence-electron chi connectivity index (χ3n) is 5.65. The van der Waals surface area contributed by atoms with Crippen molar-refractivity contribution in [3.8, 4) is 11.5 Å². The maximum Gasteiger partial charge on any atom is 0.356 e. The molecule has 2 aromatic carbocycles. The summed E-state index contributed by atoms with van der Waals surface area (Å²) in [5.41, 5.74) is 0.742. The molecule has 4 rings (SSSR count). The zero-order chi connectivity index (χ0) is 25.8. The number of nitrogens with zero attached hydrogens (tertiary/aromatic N) is 1. The third-order valence-corrected chi connectivity index (χ3v) is 7.58. The maximum atomic E-state index is 13.1. The number of rotatable bonds is 9. The van der Waals surface area contributed by atoms with Gasteiger partial charge in [0.2, 0.25) is 5.37 Å². The van der Waals surface area contributed by atoms with Gasteiger partial charge in [-0.25, -0.2) is 4.79 Å². The highest BCUT2D eigenvalue weighted by molar-refractivity contribution is 7.96. The smallest absolute Gasteiger partial charge is 0.356 e. The highest BCUT2D eigenvalue weighted by atomic mass is 35.5. The van der Waals surface area contributed by atoms with Crippen LogP contribution in [0, 0.1) is 0 Å². The van der Waals surface area contributed by atoms with Gasteiger partial charge < -0.3 is 24.1 Å². The fraction of sp³-hybridized carbons (Fsp3) is 0.240. The van der Waals surface area contributed by atoms with Gasteiger partial charge in [-0.15, -0.1) is 11.6 Å². The number of ether oxygens (including phenoxy) is 3. The molecule has 3 atom stereocenters. The van der Waals surface area contributed by atoms with Crippen molar-refractivity contribution in [2.75, 3.05) is 19.6 Å². The predicted octanol–water partition coefficient (Wildman–Crippen LogP) is 2.24. The molecule has 1 saturated heterocycles. The second-order valence-corrected chi connectivity index (χ2v) is 9.69. The van der Waals surface area contributed by atoms with Crippen molar-refractivity contribution in [3.05, 3.63) is 82.9 Å². The Hall–Kier alpha value is -3.47. The third kappa shape index (κ3) is 5.06. The number of carbonyl (C=O) groups excluding carboxylic acids is 3. The summed E-state index contributed by atoms with van der Waals surface area (Å²) in [5, 5.41) is 1.53. The van der Waals surface area contributed by atoms with Crippen LogP contribution in [0.5, 0.6) is 11.5 Å². The molecular formula is C25H23ClN2O7S. The molecule has 0 radical (unpaired) electrons. The van der Waals surface area contributed by atoms with Gasteiger partial charge in [-0.1, -0.05) is 30.3 Å². The zero-order valence-corrected chi connectivity index (χ0v) is 20.8. The molecule has 0 aromatic heterocycles. The second kappa shape index (κ2) is 11.1. The Labute approximate surface area is 215 Å². The van der Waals surface area contributed by atoms with E-state index in [9.17, 15) is 18.9 Å². The van der Waals surface area contributed by atoms with Gasteiger partial charge in [0.25, 0.3) is 11.8 Å². The molecule has 0 bridgehead atoms. The van der Waals surface area contributed by atoms with E-state index < -0.39 is 40.4 Å². The first kappa shape index (κ1) is 25.6. The number of para-hydroxylation sites is 1. The number of fused-ring (bicyclic) bond motifs is 1. The molecule has 0 aliphatic carbocycles. The molecule has 2 heterocycles. The van der Waals surface area contributed by atoms with Crippen LogP contribution < -0.4 is 14.8 Å². The fourth-order valence-corrected chi connectivity index (χ4v) is 5.68. The van der Waals surface area contributed by atoms with Crippen LogP contribution in [0.3, 0.4) is 0 Å². The molecule has 2 aliphatic rings. The summed E-state index contributed by atoms with van der Waals surface area (Å²) >= 11 is 4.24. The van der Waals surface area contributed by atoms with E-state index in [1.165, 1.54) is 0 Å². The molecule has 0 saturated carbocycles. The number of hydrogen-bond donors (Lipinski definition) is 1. The summed E-state index contributed by atoms with van der Waals surface area (Å²) in [5.74, 6) is -1.05.